The van der Waals surface area contributed by atoms with Crippen molar-refractivity contribution in [1.82, 2.24) is 19.9 Å². The fraction of sp³-hybridized carbons (Fsp3) is 0.237. The second-order valence-electron chi connectivity index (χ2n) is 12.2. The summed E-state index contributed by atoms with van der Waals surface area (Å²) in [7, 11) is 0. The monoisotopic (exact) mass is 606 g/mol. The van der Waals surface area contributed by atoms with Crippen LogP contribution in [0, 0.1) is 21.8 Å². The van der Waals surface area contributed by atoms with E-state index in [1.807, 2.05) is 25.1 Å². The summed E-state index contributed by atoms with van der Waals surface area (Å²) in [5, 5.41) is 12.9. The summed E-state index contributed by atoms with van der Waals surface area (Å²) < 4.78 is 0. The number of nitrogens with one attached hydrogen (secondary N) is 1. The Morgan fingerprint density at radius 1 is 0.957 bits per heavy atom. The molecule has 3 N–H and O–H groups in total. The van der Waals surface area contributed by atoms with E-state index in [1.54, 1.807) is 6.20 Å². The smallest absolute Gasteiger partial charge is 0.171 e. The van der Waals surface area contributed by atoms with E-state index in [9.17, 15) is 9.59 Å². The maximum absolute atomic E-state index is 13.5. The van der Waals surface area contributed by atoms with E-state index >= 15 is 0 Å². The van der Waals surface area contributed by atoms with Crippen molar-refractivity contribution in [3.8, 4) is 17.5 Å². The number of rotatable bonds is 3. The molecule has 8 heteroatoms. The number of hydrogen-bond acceptors (Lipinski definition) is 7. The Kier molecular flexibility index (Phi) is 7.77. The zero-order valence-corrected chi connectivity index (χ0v) is 25.7. The van der Waals surface area contributed by atoms with Gasteiger partial charge in [0.05, 0.1) is 30.2 Å². The molecule has 0 aromatic heterocycles. The van der Waals surface area contributed by atoms with Crippen LogP contribution in [0.1, 0.15) is 59.2 Å². The molecule has 2 aliphatic carbocycles. The summed E-state index contributed by atoms with van der Waals surface area (Å²) in [5.41, 5.74) is 13.5. The van der Waals surface area contributed by atoms with Gasteiger partial charge in [0.15, 0.2) is 11.6 Å². The number of piperidine rings is 1. The number of carbonyl (C=O) groups is 2. The van der Waals surface area contributed by atoms with Gasteiger partial charge < -0.3 is 15.6 Å². The number of hydrogen-bond donors (Lipinski definition) is 2. The van der Waals surface area contributed by atoms with Gasteiger partial charge in [0.2, 0.25) is 0 Å². The molecule has 1 fully saturated rings. The molecule has 8 rings (SSSR count). The van der Waals surface area contributed by atoms with Gasteiger partial charge in [0.1, 0.15) is 11.8 Å². The normalized spacial score (nSPS) is 18.7. The molecule has 228 valence electrons. The first-order valence-corrected chi connectivity index (χ1v) is 15.7. The molecule has 0 bridgehead atoms. The lowest BCUT2D eigenvalue weighted by atomic mass is 9.76. The highest BCUT2D eigenvalue weighted by molar-refractivity contribution is 6.27. The van der Waals surface area contributed by atoms with E-state index in [-0.39, 0.29) is 29.9 Å². The minimum atomic E-state index is -0.0653. The number of H-pyrrole nitrogens is 1. The lowest BCUT2D eigenvalue weighted by Crippen LogP contribution is -2.45. The molecule has 0 spiro atoms. The van der Waals surface area contributed by atoms with Crippen molar-refractivity contribution < 1.29 is 9.59 Å². The SMILES string of the molecule is CC1=c2ccc3c(c2C(=O)CC1=O)C(Cc1ccccc1)C(N1CCC[C@H](N)C1)=c1ccccc1=3.N#Cc1cnc2cnc[nH]c1-2. The number of nitriles is 1. The van der Waals surface area contributed by atoms with Gasteiger partial charge in [-0.15, -0.1) is 0 Å². The van der Waals surface area contributed by atoms with Gasteiger partial charge in [-0.05, 0) is 53.0 Å². The van der Waals surface area contributed by atoms with Crippen molar-refractivity contribution in [3.05, 3.63) is 129 Å². The van der Waals surface area contributed by atoms with E-state index in [1.165, 1.54) is 29.0 Å². The van der Waals surface area contributed by atoms with Crippen LogP contribution in [0.2, 0.25) is 0 Å². The van der Waals surface area contributed by atoms with Crippen LogP contribution in [0.3, 0.4) is 0 Å². The molecule has 3 aliphatic heterocycles. The van der Waals surface area contributed by atoms with Crippen LogP contribution < -0.4 is 16.2 Å². The summed E-state index contributed by atoms with van der Waals surface area (Å²) >= 11 is 0. The number of aromatic nitrogens is 3. The lowest BCUT2D eigenvalue weighted by molar-refractivity contribution is -0.113. The Balaban J connectivity index is 0.000000259. The summed E-state index contributed by atoms with van der Waals surface area (Å²) in [6.07, 6.45) is 7.53. The minimum Gasteiger partial charge on any atom is -0.372 e. The average Bonchev–Trinajstić information content (AvgIpc) is 3.51. The van der Waals surface area contributed by atoms with Crippen molar-refractivity contribution in [2.45, 2.75) is 44.6 Å². The molecule has 0 saturated carbocycles. The molecule has 3 aromatic rings. The van der Waals surface area contributed by atoms with Gasteiger partial charge >= 0.3 is 0 Å². The third-order valence-electron chi connectivity index (χ3n) is 9.38. The Hall–Kier alpha value is -5.39. The Morgan fingerprint density at radius 2 is 1.72 bits per heavy atom. The highest BCUT2D eigenvalue weighted by atomic mass is 16.1. The molecule has 0 radical (unpaired) electrons. The number of likely N-dealkylation sites (tertiary alicyclic amines) is 1. The average molecular weight is 607 g/mol. The number of nitrogens with zero attached hydrogens (tertiary/aromatic N) is 4. The number of nitrogens with two attached hydrogens (primary N) is 1. The second-order valence-corrected chi connectivity index (χ2v) is 12.2. The lowest BCUT2D eigenvalue weighted by Gasteiger charge is -2.40. The van der Waals surface area contributed by atoms with Gasteiger partial charge in [-0.3, -0.25) is 14.6 Å². The zero-order valence-electron chi connectivity index (χ0n) is 25.7. The molecule has 46 heavy (non-hydrogen) atoms. The van der Waals surface area contributed by atoms with E-state index in [4.69, 9.17) is 11.0 Å². The van der Waals surface area contributed by atoms with Gasteiger partial charge in [-0.2, -0.15) is 5.26 Å². The van der Waals surface area contributed by atoms with Crippen molar-refractivity contribution >= 4 is 22.8 Å². The summed E-state index contributed by atoms with van der Waals surface area (Å²) in [4.78, 5) is 39.2. The zero-order chi connectivity index (χ0) is 31.8. The third kappa shape index (κ3) is 5.19. The van der Waals surface area contributed by atoms with Gasteiger partial charge in [-0.25, -0.2) is 4.98 Å². The highest BCUT2D eigenvalue weighted by Gasteiger charge is 2.34. The molecule has 2 atom stereocenters. The first kappa shape index (κ1) is 29.3. The number of ketones is 2. The molecule has 3 heterocycles. The topological polar surface area (TPSA) is 129 Å². The molecule has 8 nitrogen and oxygen atoms in total. The first-order chi connectivity index (χ1) is 22.4. The van der Waals surface area contributed by atoms with E-state index in [0.29, 0.717) is 11.1 Å². The Morgan fingerprint density at radius 3 is 2.50 bits per heavy atom. The number of aromatic amines is 1. The largest absolute Gasteiger partial charge is 0.372 e. The molecular formula is C38H34N6O2. The number of fused-ring (bicyclic) bond motifs is 5. The molecule has 3 aromatic carbocycles. The van der Waals surface area contributed by atoms with Crippen LogP contribution in [0.15, 0.2) is 85.5 Å². The summed E-state index contributed by atoms with van der Waals surface area (Å²) in [6, 6.07) is 25.4. The van der Waals surface area contributed by atoms with Crippen LogP contribution in [0.5, 0.6) is 0 Å². The molecule has 0 amide bonds. The summed E-state index contributed by atoms with van der Waals surface area (Å²) in [5.74, 6) is -0.114. The van der Waals surface area contributed by atoms with Crippen LogP contribution in [-0.2, 0) is 11.2 Å². The third-order valence-corrected chi connectivity index (χ3v) is 9.38. The standard InChI is InChI=1S/C31H30N2O2.C7H4N4/c1-19-22-13-14-24-23-11-5-6-12-25(23)31(33-15-7-10-21(32)18-33)26(16-20-8-3-2-4-9-20)29(24)30(22)28(35)17-27(19)34;8-1-5-2-10-6-3-9-4-11-7(5)6/h2-6,8-9,11-14,21,26H,7,10,15-18,32H2,1H3;2-4H,(H,9,11)/t21-,26?;/m0./s1. The fourth-order valence-electron chi connectivity index (χ4n) is 7.23. The van der Waals surface area contributed by atoms with E-state index in [0.717, 1.165) is 70.5 Å². The predicted octanol–water partition coefficient (Wildman–Crippen LogP) is 3.95. The van der Waals surface area contributed by atoms with Crippen molar-refractivity contribution in [3.63, 3.8) is 0 Å². The highest BCUT2D eigenvalue weighted by Crippen LogP contribution is 2.37. The Labute approximate surface area is 266 Å². The van der Waals surface area contributed by atoms with Gasteiger partial charge in [0.25, 0.3) is 0 Å². The predicted molar refractivity (Wildman–Crippen MR) is 176 cm³/mol. The number of benzene rings is 3. The van der Waals surface area contributed by atoms with Crippen molar-refractivity contribution in [2.75, 3.05) is 13.1 Å². The summed E-state index contributed by atoms with van der Waals surface area (Å²) in [6.45, 7) is 3.64. The quantitative estimate of drug-likeness (QED) is 0.298. The minimum absolute atomic E-state index is 0.00695. The van der Waals surface area contributed by atoms with Crippen LogP contribution in [0.25, 0.3) is 22.7 Å². The van der Waals surface area contributed by atoms with Crippen LogP contribution in [0.4, 0.5) is 0 Å². The van der Waals surface area contributed by atoms with Crippen LogP contribution in [-0.4, -0.2) is 50.5 Å². The van der Waals surface area contributed by atoms with Crippen LogP contribution >= 0.6 is 0 Å². The molecular weight excluding hydrogens is 572 g/mol. The maximum Gasteiger partial charge on any atom is 0.171 e. The Bertz CT molecular complexity index is 2220. The molecule has 1 saturated heterocycles. The van der Waals surface area contributed by atoms with Gasteiger partial charge in [0, 0.05) is 53.3 Å². The van der Waals surface area contributed by atoms with Crippen molar-refractivity contribution in [1.29, 1.82) is 5.26 Å². The second kappa shape index (κ2) is 12.2. The van der Waals surface area contributed by atoms with E-state index in [2.05, 4.69) is 74.4 Å². The molecule has 1 unspecified atom stereocenters. The maximum atomic E-state index is 13.5. The number of carbonyl (C=O) groups excluding carboxylic acids is 2. The van der Waals surface area contributed by atoms with Gasteiger partial charge in [-0.1, -0.05) is 66.7 Å². The first-order valence-electron chi connectivity index (χ1n) is 15.7. The fourth-order valence-corrected chi connectivity index (χ4v) is 7.23. The van der Waals surface area contributed by atoms with Crippen molar-refractivity contribution in [2.24, 2.45) is 5.73 Å². The molecule has 5 aliphatic rings. The number of Topliss-reactive ketones (excluding diaryl/α,β-unsaturated/α-hetero) is 2. The van der Waals surface area contributed by atoms with E-state index < -0.39 is 0 Å².